The molecule has 2 aromatic rings. The zero-order valence-electron chi connectivity index (χ0n) is 10.8. The fourth-order valence-electron chi connectivity index (χ4n) is 2.09. The van der Waals surface area contributed by atoms with Gasteiger partial charge in [0.2, 0.25) is 0 Å². The lowest BCUT2D eigenvalue weighted by atomic mass is 10.1. The third kappa shape index (κ3) is 3.64. The number of aromatic nitrogens is 2. The predicted molar refractivity (Wildman–Crippen MR) is 84.7 cm³/mol. The van der Waals surface area contributed by atoms with Crippen molar-refractivity contribution in [2.24, 2.45) is 0 Å². The zero-order chi connectivity index (χ0) is 12.8. The van der Waals surface area contributed by atoms with Crippen LogP contribution in [-0.2, 0) is 6.42 Å². The summed E-state index contributed by atoms with van der Waals surface area (Å²) in [6, 6.07) is 6.23. The summed E-state index contributed by atoms with van der Waals surface area (Å²) in [6.07, 6.45) is 9.44. The molecule has 0 bridgehead atoms. The van der Waals surface area contributed by atoms with Crippen molar-refractivity contribution in [3.63, 3.8) is 0 Å². The Hall–Kier alpha value is -0.710. The summed E-state index contributed by atoms with van der Waals surface area (Å²) in [5.74, 6) is 0. The van der Waals surface area contributed by atoms with Crippen LogP contribution in [0.5, 0.6) is 0 Å². The molecule has 0 amide bonds. The molecule has 0 atom stereocenters. The maximum atomic E-state index is 4.67. The van der Waals surface area contributed by atoms with Gasteiger partial charge in [-0.15, -0.1) is 0 Å². The van der Waals surface area contributed by atoms with Crippen molar-refractivity contribution >= 4 is 33.6 Å². The highest BCUT2D eigenvalue weighted by Crippen LogP contribution is 2.19. The summed E-state index contributed by atoms with van der Waals surface area (Å²) >= 11 is 2.39. The Bertz CT molecular complexity index is 511. The molecule has 0 aromatic carbocycles. The van der Waals surface area contributed by atoms with E-state index < -0.39 is 0 Å². The third-order valence-electron chi connectivity index (χ3n) is 3.13. The maximum absolute atomic E-state index is 4.67. The van der Waals surface area contributed by atoms with Crippen LogP contribution < -0.4 is 0 Å². The minimum Gasteiger partial charge on any atom is -0.237 e. The van der Waals surface area contributed by atoms with E-state index in [9.17, 15) is 0 Å². The lowest BCUT2D eigenvalue weighted by molar-refractivity contribution is 0.628. The molecule has 3 heteroatoms. The Kier molecular flexibility index (Phi) is 5.35. The van der Waals surface area contributed by atoms with E-state index in [2.05, 4.69) is 51.6 Å². The number of pyridine rings is 2. The van der Waals surface area contributed by atoms with Crippen molar-refractivity contribution in [2.75, 3.05) is 0 Å². The summed E-state index contributed by atoms with van der Waals surface area (Å²) in [7, 11) is 0. The second-order valence-electron chi connectivity index (χ2n) is 4.63. The fraction of sp³-hybridized carbons (Fsp3) is 0.467. The van der Waals surface area contributed by atoms with Gasteiger partial charge in [-0.05, 0) is 53.6 Å². The molecule has 96 valence electrons. The average Bonchev–Trinajstić information content (AvgIpc) is 2.39. The molecule has 0 aliphatic heterocycles. The smallest absolute Gasteiger partial charge is 0.159 e. The van der Waals surface area contributed by atoms with Crippen molar-refractivity contribution < 1.29 is 0 Å². The van der Waals surface area contributed by atoms with E-state index in [1.807, 2.05) is 12.3 Å². The minimum atomic E-state index is 0.876. The maximum Gasteiger partial charge on any atom is 0.159 e. The largest absolute Gasteiger partial charge is 0.237 e. The Morgan fingerprint density at radius 1 is 1.17 bits per heavy atom. The number of rotatable bonds is 6. The van der Waals surface area contributed by atoms with Crippen LogP contribution in [0.2, 0.25) is 0 Å². The summed E-state index contributed by atoms with van der Waals surface area (Å²) in [5.41, 5.74) is 2.08. The predicted octanol–water partition coefficient (Wildman–Crippen LogP) is 4.75. The molecule has 0 saturated carbocycles. The van der Waals surface area contributed by atoms with E-state index in [4.69, 9.17) is 0 Å². The van der Waals surface area contributed by atoms with E-state index in [1.165, 1.54) is 41.4 Å². The molecular formula is C15H19IN2. The number of hydrogen-bond donors (Lipinski definition) is 0. The van der Waals surface area contributed by atoms with Crippen LogP contribution in [0.4, 0.5) is 0 Å². The SMILES string of the molecule is CCCCCCCc1nc2ncccc2cc1I. The standard InChI is InChI=1S/C15H19IN2/c1-2-3-4-5-6-9-14-13(16)11-12-8-7-10-17-15(12)18-14/h7-8,10-11H,2-6,9H2,1H3. The van der Waals surface area contributed by atoms with Crippen molar-refractivity contribution in [1.82, 2.24) is 9.97 Å². The molecule has 2 nitrogen and oxygen atoms in total. The molecule has 0 unspecified atom stereocenters. The number of hydrogen-bond acceptors (Lipinski definition) is 2. The molecule has 0 fully saturated rings. The van der Waals surface area contributed by atoms with Crippen molar-refractivity contribution in [2.45, 2.75) is 45.4 Å². The first-order chi connectivity index (χ1) is 8.81. The van der Waals surface area contributed by atoms with Gasteiger partial charge < -0.3 is 0 Å². The number of halogens is 1. The van der Waals surface area contributed by atoms with Gasteiger partial charge in [0.15, 0.2) is 5.65 Å². The molecule has 0 aliphatic carbocycles. The van der Waals surface area contributed by atoms with Crippen LogP contribution >= 0.6 is 22.6 Å². The van der Waals surface area contributed by atoms with E-state index in [0.29, 0.717) is 0 Å². The van der Waals surface area contributed by atoms with E-state index in [1.54, 1.807) is 0 Å². The van der Waals surface area contributed by atoms with Gasteiger partial charge in [-0.1, -0.05) is 32.6 Å². The van der Waals surface area contributed by atoms with Crippen LogP contribution in [0.15, 0.2) is 24.4 Å². The molecular weight excluding hydrogens is 335 g/mol. The first kappa shape index (κ1) is 13.7. The Morgan fingerprint density at radius 3 is 2.83 bits per heavy atom. The van der Waals surface area contributed by atoms with Crippen LogP contribution in [0, 0.1) is 3.57 Å². The minimum absolute atomic E-state index is 0.876. The first-order valence-corrected chi connectivity index (χ1v) is 7.79. The lowest BCUT2D eigenvalue weighted by Crippen LogP contribution is -1.96. The van der Waals surface area contributed by atoms with Gasteiger partial charge in [0, 0.05) is 15.2 Å². The Labute approximate surface area is 122 Å². The molecule has 0 aliphatic rings. The lowest BCUT2D eigenvalue weighted by Gasteiger charge is -2.05. The van der Waals surface area contributed by atoms with Crippen LogP contribution in [-0.4, -0.2) is 9.97 Å². The van der Waals surface area contributed by atoms with Gasteiger partial charge in [0.05, 0.1) is 5.69 Å². The Balaban J connectivity index is 2.01. The number of aryl methyl sites for hydroxylation is 1. The van der Waals surface area contributed by atoms with E-state index >= 15 is 0 Å². The van der Waals surface area contributed by atoms with Crippen molar-refractivity contribution in [3.8, 4) is 0 Å². The molecule has 0 saturated heterocycles. The summed E-state index contributed by atoms with van der Waals surface area (Å²) in [5, 5.41) is 1.14. The van der Waals surface area contributed by atoms with Crippen LogP contribution in [0.1, 0.15) is 44.7 Å². The van der Waals surface area contributed by atoms with Crippen molar-refractivity contribution in [3.05, 3.63) is 33.7 Å². The molecule has 0 spiro atoms. The van der Waals surface area contributed by atoms with E-state index in [0.717, 1.165) is 17.5 Å². The number of unbranched alkanes of at least 4 members (excludes halogenated alkanes) is 4. The topological polar surface area (TPSA) is 25.8 Å². The highest BCUT2D eigenvalue weighted by molar-refractivity contribution is 14.1. The molecule has 2 rings (SSSR count). The number of nitrogens with zero attached hydrogens (tertiary/aromatic N) is 2. The van der Waals surface area contributed by atoms with Gasteiger partial charge in [-0.25, -0.2) is 9.97 Å². The second kappa shape index (κ2) is 7.02. The van der Waals surface area contributed by atoms with Gasteiger partial charge in [-0.2, -0.15) is 0 Å². The highest BCUT2D eigenvalue weighted by atomic mass is 127. The van der Waals surface area contributed by atoms with Crippen LogP contribution in [0.3, 0.4) is 0 Å². The van der Waals surface area contributed by atoms with Gasteiger partial charge in [0.25, 0.3) is 0 Å². The zero-order valence-corrected chi connectivity index (χ0v) is 13.0. The summed E-state index contributed by atoms with van der Waals surface area (Å²) < 4.78 is 1.27. The molecule has 2 aromatic heterocycles. The molecule has 0 radical (unpaired) electrons. The second-order valence-corrected chi connectivity index (χ2v) is 5.79. The normalized spacial score (nSPS) is 11.0. The molecule has 18 heavy (non-hydrogen) atoms. The third-order valence-corrected chi connectivity index (χ3v) is 4.07. The van der Waals surface area contributed by atoms with Crippen LogP contribution in [0.25, 0.3) is 11.0 Å². The highest BCUT2D eigenvalue weighted by Gasteiger charge is 2.04. The molecule has 2 heterocycles. The first-order valence-electron chi connectivity index (χ1n) is 6.71. The molecule has 0 N–H and O–H groups in total. The van der Waals surface area contributed by atoms with E-state index in [-0.39, 0.29) is 0 Å². The average molecular weight is 354 g/mol. The monoisotopic (exact) mass is 354 g/mol. The summed E-state index contributed by atoms with van der Waals surface area (Å²) in [4.78, 5) is 9.00. The van der Waals surface area contributed by atoms with Gasteiger partial charge >= 0.3 is 0 Å². The Morgan fingerprint density at radius 2 is 2.00 bits per heavy atom. The fourth-order valence-corrected chi connectivity index (χ4v) is 2.81. The quantitative estimate of drug-likeness (QED) is 0.553. The summed E-state index contributed by atoms with van der Waals surface area (Å²) in [6.45, 7) is 2.25. The van der Waals surface area contributed by atoms with Gasteiger partial charge in [0.1, 0.15) is 0 Å². The van der Waals surface area contributed by atoms with Crippen molar-refractivity contribution in [1.29, 1.82) is 0 Å². The van der Waals surface area contributed by atoms with Gasteiger partial charge in [-0.3, -0.25) is 0 Å². The number of fused-ring (bicyclic) bond motifs is 1.